The molecule has 7 heteroatoms. The minimum atomic E-state index is -4.48. The van der Waals surface area contributed by atoms with E-state index in [0.717, 1.165) is 12.1 Å². The summed E-state index contributed by atoms with van der Waals surface area (Å²) in [6, 6.07) is 1.83. The molecule has 0 fully saturated rings. The Hall–Kier alpha value is -2.02. The highest BCUT2D eigenvalue weighted by atomic mass is 19.4. The molecule has 0 aliphatic carbocycles. The van der Waals surface area contributed by atoms with Crippen LogP contribution in [-0.4, -0.2) is 15.6 Å². The Bertz CT molecular complexity index is 646. The summed E-state index contributed by atoms with van der Waals surface area (Å²) in [5.74, 6) is -1.29. The number of hydrogen-bond donors (Lipinski definition) is 2. The Labute approximate surface area is 106 Å². The first kappa shape index (κ1) is 13.4. The zero-order valence-electron chi connectivity index (χ0n) is 9.90. The molecule has 0 aliphatic rings. The van der Waals surface area contributed by atoms with Crippen molar-refractivity contribution in [2.75, 3.05) is 0 Å². The molecule has 1 atom stereocenters. The zero-order valence-corrected chi connectivity index (χ0v) is 9.90. The predicted octanol–water partition coefficient (Wildman–Crippen LogP) is 2.28. The molecule has 0 amide bonds. The minimum absolute atomic E-state index is 0.163. The van der Waals surface area contributed by atoms with E-state index in [1.54, 1.807) is 11.6 Å². The third kappa shape index (κ3) is 2.28. The maximum absolute atomic E-state index is 12.7. The average molecular weight is 272 g/mol. The van der Waals surface area contributed by atoms with Crippen LogP contribution >= 0.6 is 0 Å². The van der Waals surface area contributed by atoms with Crippen LogP contribution in [-0.2, 0) is 18.0 Å². The quantitative estimate of drug-likeness (QED) is 0.881. The summed E-state index contributed by atoms with van der Waals surface area (Å²) in [5.41, 5.74) is 5.32. The number of rotatable bonds is 2. The molecule has 0 saturated carbocycles. The van der Waals surface area contributed by atoms with Crippen molar-refractivity contribution in [3.63, 3.8) is 0 Å². The van der Waals surface area contributed by atoms with E-state index in [-0.39, 0.29) is 10.9 Å². The van der Waals surface area contributed by atoms with Gasteiger partial charge in [-0.2, -0.15) is 13.2 Å². The van der Waals surface area contributed by atoms with Crippen LogP contribution in [0.1, 0.15) is 17.2 Å². The lowest BCUT2D eigenvalue weighted by Crippen LogP contribution is -2.20. The van der Waals surface area contributed by atoms with Gasteiger partial charge in [-0.25, -0.2) is 0 Å². The molecule has 102 valence electrons. The molecule has 1 aromatic heterocycles. The largest absolute Gasteiger partial charge is 0.480 e. The van der Waals surface area contributed by atoms with Gasteiger partial charge in [-0.05, 0) is 18.2 Å². The maximum Gasteiger partial charge on any atom is 0.416 e. The smallest absolute Gasteiger partial charge is 0.416 e. The number of carboxylic acid groups (broad SMARTS) is 1. The van der Waals surface area contributed by atoms with Gasteiger partial charge in [-0.15, -0.1) is 0 Å². The van der Waals surface area contributed by atoms with E-state index in [1.165, 1.54) is 12.3 Å². The van der Waals surface area contributed by atoms with Gasteiger partial charge in [0.1, 0.15) is 6.04 Å². The normalized spacial score (nSPS) is 13.7. The Morgan fingerprint density at radius 3 is 2.58 bits per heavy atom. The Kier molecular flexibility index (Phi) is 3.01. The van der Waals surface area contributed by atoms with E-state index in [9.17, 15) is 18.0 Å². The van der Waals surface area contributed by atoms with E-state index in [2.05, 4.69) is 0 Å². The lowest BCUT2D eigenvalue weighted by Gasteiger charge is -2.08. The van der Waals surface area contributed by atoms with Crippen LogP contribution in [0, 0.1) is 0 Å². The van der Waals surface area contributed by atoms with Crippen LogP contribution in [0.15, 0.2) is 24.4 Å². The molecule has 1 heterocycles. The molecule has 1 aromatic carbocycles. The van der Waals surface area contributed by atoms with Crippen molar-refractivity contribution in [1.29, 1.82) is 0 Å². The van der Waals surface area contributed by atoms with Gasteiger partial charge >= 0.3 is 12.1 Å². The topological polar surface area (TPSA) is 68.2 Å². The molecule has 2 aromatic rings. The Morgan fingerprint density at radius 1 is 1.42 bits per heavy atom. The molecule has 3 N–H and O–H groups in total. The summed E-state index contributed by atoms with van der Waals surface area (Å²) in [6.45, 7) is 0. The first-order valence-electron chi connectivity index (χ1n) is 5.36. The van der Waals surface area contributed by atoms with Crippen molar-refractivity contribution in [2.24, 2.45) is 12.8 Å². The number of halogens is 3. The maximum atomic E-state index is 12.7. The number of aromatic nitrogens is 1. The molecule has 0 radical (unpaired) electrons. The molecule has 2 rings (SSSR count). The molecule has 1 unspecified atom stereocenters. The minimum Gasteiger partial charge on any atom is -0.480 e. The molecule has 0 bridgehead atoms. The van der Waals surface area contributed by atoms with Crippen LogP contribution in [0.3, 0.4) is 0 Å². The highest BCUT2D eigenvalue weighted by molar-refractivity contribution is 5.90. The van der Waals surface area contributed by atoms with Crippen LogP contribution < -0.4 is 5.73 Å². The zero-order chi connectivity index (χ0) is 14.4. The van der Waals surface area contributed by atoms with Gasteiger partial charge in [-0.3, -0.25) is 4.79 Å². The van der Waals surface area contributed by atoms with Crippen LogP contribution in [0.5, 0.6) is 0 Å². The summed E-state index contributed by atoms with van der Waals surface area (Å²) in [4.78, 5) is 10.9. The third-order valence-electron chi connectivity index (χ3n) is 2.95. The van der Waals surface area contributed by atoms with Crippen LogP contribution in [0.4, 0.5) is 13.2 Å². The number of fused-ring (bicyclic) bond motifs is 1. The molecular weight excluding hydrogens is 261 g/mol. The van der Waals surface area contributed by atoms with Crippen molar-refractivity contribution in [1.82, 2.24) is 4.57 Å². The predicted molar refractivity (Wildman–Crippen MR) is 62.5 cm³/mol. The van der Waals surface area contributed by atoms with Gasteiger partial charge in [0, 0.05) is 29.7 Å². The highest BCUT2D eigenvalue weighted by Crippen LogP contribution is 2.34. The fourth-order valence-electron chi connectivity index (χ4n) is 1.98. The second-order valence-corrected chi connectivity index (χ2v) is 4.24. The van der Waals surface area contributed by atoms with Gasteiger partial charge in [-0.1, -0.05) is 0 Å². The summed E-state index contributed by atoms with van der Waals surface area (Å²) in [6.07, 6.45) is -3.04. The number of hydrogen-bond acceptors (Lipinski definition) is 2. The van der Waals surface area contributed by atoms with Gasteiger partial charge in [0.15, 0.2) is 0 Å². The summed E-state index contributed by atoms with van der Waals surface area (Å²) in [5, 5.41) is 9.08. The van der Waals surface area contributed by atoms with Crippen molar-refractivity contribution in [2.45, 2.75) is 12.2 Å². The highest BCUT2D eigenvalue weighted by Gasteiger charge is 2.31. The summed E-state index contributed by atoms with van der Waals surface area (Å²) >= 11 is 0. The van der Waals surface area contributed by atoms with E-state index < -0.39 is 23.8 Å². The molecule has 4 nitrogen and oxygen atoms in total. The van der Waals surface area contributed by atoms with E-state index in [4.69, 9.17) is 10.8 Å². The van der Waals surface area contributed by atoms with Gasteiger partial charge in [0.05, 0.1) is 5.56 Å². The first-order valence-corrected chi connectivity index (χ1v) is 5.36. The van der Waals surface area contributed by atoms with Crippen molar-refractivity contribution < 1.29 is 23.1 Å². The number of nitrogens with zero attached hydrogens (tertiary/aromatic N) is 1. The summed E-state index contributed by atoms with van der Waals surface area (Å²) < 4.78 is 39.5. The first-order chi connectivity index (χ1) is 8.71. The number of aliphatic carboxylic acids is 1. The summed E-state index contributed by atoms with van der Waals surface area (Å²) in [7, 11) is 1.62. The fourth-order valence-corrected chi connectivity index (χ4v) is 1.98. The number of carboxylic acids is 1. The van der Waals surface area contributed by atoms with E-state index in [1.807, 2.05) is 0 Å². The van der Waals surface area contributed by atoms with Crippen LogP contribution in [0.2, 0.25) is 0 Å². The van der Waals surface area contributed by atoms with E-state index >= 15 is 0 Å². The standard InChI is InChI=1S/C12H11F3N2O2/c1-17-5-8(10(16)11(18)19)7-4-6(12(13,14)15)2-3-9(7)17/h2-5,10H,16H2,1H3,(H,18,19). The third-order valence-corrected chi connectivity index (χ3v) is 2.95. The van der Waals surface area contributed by atoms with Gasteiger partial charge in [0.25, 0.3) is 0 Å². The fraction of sp³-hybridized carbons (Fsp3) is 0.250. The Morgan fingerprint density at radius 2 is 2.05 bits per heavy atom. The molecule has 0 saturated heterocycles. The molecule has 19 heavy (non-hydrogen) atoms. The average Bonchev–Trinajstić information content (AvgIpc) is 2.64. The molecule has 0 spiro atoms. The van der Waals surface area contributed by atoms with Crippen molar-refractivity contribution in [3.05, 3.63) is 35.5 Å². The second kappa shape index (κ2) is 4.27. The number of aryl methyl sites for hydroxylation is 1. The van der Waals surface area contributed by atoms with E-state index in [0.29, 0.717) is 5.52 Å². The van der Waals surface area contributed by atoms with Crippen molar-refractivity contribution in [3.8, 4) is 0 Å². The number of nitrogens with two attached hydrogens (primary N) is 1. The van der Waals surface area contributed by atoms with Gasteiger partial charge < -0.3 is 15.4 Å². The SMILES string of the molecule is Cn1cc(C(N)C(=O)O)c2cc(C(F)(F)F)ccc21. The lowest BCUT2D eigenvalue weighted by atomic mass is 10.0. The number of alkyl halides is 3. The Balaban J connectivity index is 2.69. The van der Waals surface area contributed by atoms with Crippen molar-refractivity contribution >= 4 is 16.9 Å². The van der Waals surface area contributed by atoms with Crippen LogP contribution in [0.25, 0.3) is 10.9 Å². The molecular formula is C12H11F3N2O2. The number of benzene rings is 1. The number of carbonyl (C=O) groups is 1. The van der Waals surface area contributed by atoms with Gasteiger partial charge in [0.2, 0.25) is 0 Å². The monoisotopic (exact) mass is 272 g/mol. The lowest BCUT2D eigenvalue weighted by molar-refractivity contribution is -0.139. The second-order valence-electron chi connectivity index (χ2n) is 4.24. The molecule has 0 aliphatic heterocycles.